The van der Waals surface area contributed by atoms with Gasteiger partial charge in [0.15, 0.2) is 0 Å². The van der Waals surface area contributed by atoms with Crippen LogP contribution in [0.2, 0.25) is 0 Å². The van der Waals surface area contributed by atoms with Crippen LogP contribution in [0.25, 0.3) is 0 Å². The van der Waals surface area contributed by atoms with Crippen LogP contribution >= 0.6 is 11.8 Å². The van der Waals surface area contributed by atoms with Crippen LogP contribution < -0.4 is 0 Å². The number of thioether (sulfide) groups is 1. The highest BCUT2D eigenvalue weighted by Gasteiger charge is 2.39. The van der Waals surface area contributed by atoms with E-state index in [1.807, 2.05) is 17.8 Å². The summed E-state index contributed by atoms with van der Waals surface area (Å²) in [6, 6.07) is 0. The second kappa shape index (κ2) is 9.62. The fourth-order valence-corrected chi connectivity index (χ4v) is 5.23. The van der Waals surface area contributed by atoms with Crippen LogP contribution in [0.15, 0.2) is 23.8 Å². The van der Waals surface area contributed by atoms with Gasteiger partial charge in [-0.1, -0.05) is 77.7 Å². The van der Waals surface area contributed by atoms with E-state index in [0.717, 1.165) is 19.3 Å². The van der Waals surface area contributed by atoms with Crippen LogP contribution in [-0.2, 0) is 9.53 Å². The molecule has 2 aliphatic carbocycles. The quantitative estimate of drug-likeness (QED) is 0.359. The lowest BCUT2D eigenvalue weighted by Gasteiger charge is -2.41. The molecule has 0 aromatic carbocycles. The molecule has 2 unspecified atom stereocenters. The van der Waals surface area contributed by atoms with Gasteiger partial charge in [-0.3, -0.25) is 4.79 Å². The zero-order valence-electron chi connectivity index (χ0n) is 20.1. The Kier molecular flexibility index (Phi) is 8.15. The Bertz CT molecular complexity index is 621. The Balaban J connectivity index is 2.13. The summed E-state index contributed by atoms with van der Waals surface area (Å²) in [4.78, 5) is 13.1. The van der Waals surface area contributed by atoms with E-state index < -0.39 is 0 Å². The molecule has 0 bridgehead atoms. The molecule has 0 spiro atoms. The maximum Gasteiger partial charge on any atom is 0.313 e. The van der Waals surface area contributed by atoms with Crippen molar-refractivity contribution in [1.82, 2.24) is 0 Å². The number of carbonyl (C=O) groups excluding carboxylic acids is 1. The van der Waals surface area contributed by atoms with Gasteiger partial charge in [-0.2, -0.15) is 11.8 Å². The Hall–Kier alpha value is -0.700. The highest BCUT2D eigenvalue weighted by Crippen LogP contribution is 2.46. The van der Waals surface area contributed by atoms with Gasteiger partial charge in [-0.15, -0.1) is 0 Å². The molecule has 2 aliphatic rings. The number of carbonyl (C=O) groups is 1. The average Bonchev–Trinajstić information content (AvgIpc) is 3.22. The Morgan fingerprint density at radius 2 is 1.79 bits per heavy atom. The van der Waals surface area contributed by atoms with E-state index in [-0.39, 0.29) is 27.7 Å². The predicted molar refractivity (Wildman–Crippen MR) is 127 cm³/mol. The molecular formula is C26H44O2S. The minimum Gasteiger partial charge on any atom is -0.459 e. The van der Waals surface area contributed by atoms with Crippen molar-refractivity contribution in [3.63, 3.8) is 0 Å². The van der Waals surface area contributed by atoms with E-state index >= 15 is 0 Å². The second-order valence-electron chi connectivity index (χ2n) is 11.0. The minimum atomic E-state index is -0.355. The van der Waals surface area contributed by atoms with E-state index in [1.54, 1.807) is 0 Å². The molecule has 29 heavy (non-hydrogen) atoms. The number of rotatable bonds is 9. The van der Waals surface area contributed by atoms with Crippen molar-refractivity contribution in [3.8, 4) is 0 Å². The summed E-state index contributed by atoms with van der Waals surface area (Å²) in [7, 11) is 0. The normalized spacial score (nSPS) is 22.5. The summed E-state index contributed by atoms with van der Waals surface area (Å²) < 4.78 is 6.32. The maximum absolute atomic E-state index is 13.1. The molecular weight excluding hydrogens is 376 g/mol. The molecule has 0 aliphatic heterocycles. The number of hydrogen-bond acceptors (Lipinski definition) is 3. The molecule has 0 N–H and O–H groups in total. The number of esters is 1. The summed E-state index contributed by atoms with van der Waals surface area (Å²) >= 11 is 1.94. The molecule has 2 atom stereocenters. The van der Waals surface area contributed by atoms with Gasteiger partial charge in [0.1, 0.15) is 5.60 Å². The summed E-state index contributed by atoms with van der Waals surface area (Å²) in [5, 5.41) is 0. The van der Waals surface area contributed by atoms with E-state index in [9.17, 15) is 4.79 Å². The Morgan fingerprint density at radius 3 is 2.34 bits per heavy atom. The van der Waals surface area contributed by atoms with Gasteiger partial charge in [0.2, 0.25) is 0 Å². The van der Waals surface area contributed by atoms with Gasteiger partial charge >= 0.3 is 5.97 Å². The van der Waals surface area contributed by atoms with Crippen molar-refractivity contribution < 1.29 is 9.53 Å². The highest BCUT2D eigenvalue weighted by atomic mass is 32.2. The van der Waals surface area contributed by atoms with Gasteiger partial charge in [0.25, 0.3) is 0 Å². The molecule has 0 amide bonds. The lowest BCUT2D eigenvalue weighted by molar-refractivity contribution is -0.165. The summed E-state index contributed by atoms with van der Waals surface area (Å²) in [5.74, 6) is 0.783. The van der Waals surface area contributed by atoms with Gasteiger partial charge < -0.3 is 4.74 Å². The molecule has 2 rings (SSSR count). The predicted octanol–water partition coefficient (Wildman–Crippen LogP) is 7.59. The summed E-state index contributed by atoms with van der Waals surface area (Å²) in [5.41, 5.74) is 1.27. The molecule has 0 radical (unpaired) electrons. The Morgan fingerprint density at radius 1 is 1.17 bits per heavy atom. The number of hydrogen-bond donors (Lipinski definition) is 0. The third-order valence-corrected chi connectivity index (χ3v) is 8.94. The highest BCUT2D eigenvalue weighted by molar-refractivity contribution is 7.99. The Labute approximate surface area is 184 Å². The van der Waals surface area contributed by atoms with E-state index in [0.29, 0.717) is 11.8 Å². The third kappa shape index (κ3) is 6.39. The molecule has 0 aromatic heterocycles. The zero-order chi connectivity index (χ0) is 21.9. The monoisotopic (exact) mass is 420 g/mol. The lowest BCUT2D eigenvalue weighted by atomic mass is 9.67. The smallest absolute Gasteiger partial charge is 0.313 e. The van der Waals surface area contributed by atoms with E-state index in [1.165, 1.54) is 31.3 Å². The first kappa shape index (κ1) is 24.6. The summed E-state index contributed by atoms with van der Waals surface area (Å²) in [6.07, 6.45) is 16.6. The largest absolute Gasteiger partial charge is 0.459 e. The van der Waals surface area contributed by atoms with Crippen LogP contribution in [0.1, 0.15) is 93.4 Å². The molecule has 0 heterocycles. The van der Waals surface area contributed by atoms with Gasteiger partial charge in [-0.05, 0) is 63.0 Å². The van der Waals surface area contributed by atoms with Crippen molar-refractivity contribution in [2.45, 2.75) is 104 Å². The first-order valence-electron chi connectivity index (χ1n) is 11.6. The first-order valence-corrected chi connectivity index (χ1v) is 12.8. The van der Waals surface area contributed by atoms with Gasteiger partial charge in [-0.25, -0.2) is 0 Å². The van der Waals surface area contributed by atoms with Crippen molar-refractivity contribution in [3.05, 3.63) is 23.8 Å². The lowest BCUT2D eigenvalue weighted by Crippen LogP contribution is -2.38. The number of allylic oxidation sites excluding steroid dienone is 3. The topological polar surface area (TPSA) is 26.3 Å². The molecule has 1 saturated carbocycles. The maximum atomic E-state index is 13.1. The average molecular weight is 421 g/mol. The first-order chi connectivity index (χ1) is 13.4. The van der Waals surface area contributed by atoms with Crippen LogP contribution in [0, 0.1) is 23.2 Å². The number of ether oxygens (including phenoxy) is 1. The van der Waals surface area contributed by atoms with E-state index in [4.69, 9.17) is 4.74 Å². The molecule has 166 valence electrons. The standard InChI is InChI=1S/C26H44O2S/c1-9-24(2,3)22(18-25(4,5)29-8)19-13-12-14-20(17-19)23(27)28-26(6,7)21-15-10-11-16-21/h12-14,20-22H,9-11,15-18H2,1-8H3. The second-order valence-corrected chi connectivity index (χ2v) is 12.5. The van der Waals surface area contributed by atoms with Crippen molar-refractivity contribution in [1.29, 1.82) is 0 Å². The van der Waals surface area contributed by atoms with Crippen LogP contribution in [0.3, 0.4) is 0 Å². The molecule has 1 fully saturated rings. The van der Waals surface area contributed by atoms with Gasteiger partial charge in [0.05, 0.1) is 5.92 Å². The van der Waals surface area contributed by atoms with E-state index in [2.05, 4.69) is 66.9 Å². The van der Waals surface area contributed by atoms with Crippen LogP contribution in [0.4, 0.5) is 0 Å². The van der Waals surface area contributed by atoms with Crippen LogP contribution in [-0.4, -0.2) is 22.6 Å². The molecule has 0 aromatic rings. The molecule has 3 heteroatoms. The van der Waals surface area contributed by atoms with Crippen LogP contribution in [0.5, 0.6) is 0 Å². The van der Waals surface area contributed by atoms with Crippen molar-refractivity contribution in [2.24, 2.45) is 23.2 Å². The SMILES string of the molecule is CCC(C)(C)C(CC(C)(C)SC)C1=CC=CC(C(=O)OC(C)(C)C2CCCC2)C1. The molecule has 2 nitrogen and oxygen atoms in total. The van der Waals surface area contributed by atoms with Crippen molar-refractivity contribution >= 4 is 17.7 Å². The zero-order valence-corrected chi connectivity index (χ0v) is 21.0. The van der Waals surface area contributed by atoms with Crippen molar-refractivity contribution in [2.75, 3.05) is 6.26 Å². The minimum absolute atomic E-state index is 0.0408. The molecule has 0 saturated heterocycles. The summed E-state index contributed by atoms with van der Waals surface area (Å²) in [6.45, 7) is 15.9. The fourth-order valence-electron chi connectivity index (χ4n) is 4.89. The third-order valence-electron chi connectivity index (χ3n) is 7.66. The fraction of sp³-hybridized carbons (Fsp3) is 0.808. The van der Waals surface area contributed by atoms with Gasteiger partial charge in [0, 0.05) is 4.75 Å².